The van der Waals surface area contributed by atoms with E-state index in [1.807, 2.05) is 0 Å². The molecule has 1 aliphatic heterocycles. The number of carbonyl (C=O) groups excluding carboxylic acids is 1. The van der Waals surface area contributed by atoms with Crippen molar-refractivity contribution in [3.63, 3.8) is 0 Å². The number of hydrogen-bond acceptors (Lipinski definition) is 2. The largest absolute Gasteiger partial charge is 0.356 e. The van der Waals surface area contributed by atoms with E-state index in [9.17, 15) is 4.79 Å². The van der Waals surface area contributed by atoms with E-state index in [4.69, 9.17) is 0 Å². The van der Waals surface area contributed by atoms with Gasteiger partial charge in [0.2, 0.25) is 5.91 Å². The van der Waals surface area contributed by atoms with E-state index in [1.54, 1.807) is 0 Å². The summed E-state index contributed by atoms with van der Waals surface area (Å²) >= 11 is 0. The van der Waals surface area contributed by atoms with E-state index >= 15 is 0 Å². The van der Waals surface area contributed by atoms with Crippen LogP contribution >= 0.6 is 0 Å². The molecule has 0 bridgehead atoms. The molecule has 14 heavy (non-hydrogen) atoms. The Kier molecular flexibility index (Phi) is 3.40. The Bertz CT molecular complexity index is 193. The lowest BCUT2D eigenvalue weighted by Gasteiger charge is -2.13. The maximum absolute atomic E-state index is 11.7. The smallest absolute Gasteiger partial charge is 0.224 e. The maximum Gasteiger partial charge on any atom is 0.224 e. The highest BCUT2D eigenvalue weighted by Crippen LogP contribution is 2.23. The summed E-state index contributed by atoms with van der Waals surface area (Å²) in [4.78, 5) is 11.7. The third-order valence-corrected chi connectivity index (χ3v) is 3.47. The standard InChI is InChI=1S/C11H20N2O/c14-11(10-5-6-12-8-10)13-7-9-3-1-2-4-9/h9-10,12H,1-8H2,(H,13,14)/t10-/m1/s1. The second-order valence-corrected chi connectivity index (χ2v) is 4.59. The first-order valence-electron chi connectivity index (χ1n) is 5.84. The van der Waals surface area contributed by atoms with Crippen LogP contribution in [0.25, 0.3) is 0 Å². The summed E-state index contributed by atoms with van der Waals surface area (Å²) in [5, 5.41) is 6.31. The van der Waals surface area contributed by atoms with Crippen LogP contribution in [0.2, 0.25) is 0 Å². The van der Waals surface area contributed by atoms with E-state index in [0.717, 1.165) is 32.0 Å². The first kappa shape index (κ1) is 9.97. The van der Waals surface area contributed by atoms with Gasteiger partial charge in [-0.15, -0.1) is 0 Å². The van der Waals surface area contributed by atoms with Gasteiger partial charge >= 0.3 is 0 Å². The van der Waals surface area contributed by atoms with Gasteiger partial charge in [0.25, 0.3) is 0 Å². The molecule has 3 heteroatoms. The molecule has 0 aromatic carbocycles. The summed E-state index contributed by atoms with van der Waals surface area (Å²) < 4.78 is 0. The number of carbonyl (C=O) groups is 1. The average Bonchev–Trinajstić information content (AvgIpc) is 2.87. The highest BCUT2D eigenvalue weighted by atomic mass is 16.1. The van der Waals surface area contributed by atoms with Crippen LogP contribution in [0.3, 0.4) is 0 Å². The summed E-state index contributed by atoms with van der Waals surface area (Å²) in [7, 11) is 0. The number of nitrogens with one attached hydrogen (secondary N) is 2. The predicted molar refractivity (Wildman–Crippen MR) is 55.9 cm³/mol. The van der Waals surface area contributed by atoms with Gasteiger partial charge in [0, 0.05) is 13.1 Å². The zero-order valence-corrected chi connectivity index (χ0v) is 8.72. The molecular weight excluding hydrogens is 176 g/mol. The van der Waals surface area contributed by atoms with Gasteiger partial charge in [-0.05, 0) is 31.7 Å². The molecule has 1 heterocycles. The van der Waals surface area contributed by atoms with Crippen LogP contribution in [0.4, 0.5) is 0 Å². The van der Waals surface area contributed by atoms with Crippen LogP contribution in [0.5, 0.6) is 0 Å². The van der Waals surface area contributed by atoms with Crippen molar-refractivity contribution in [2.45, 2.75) is 32.1 Å². The predicted octanol–water partition coefficient (Wildman–Crippen LogP) is 0.902. The van der Waals surface area contributed by atoms with Crippen LogP contribution in [-0.4, -0.2) is 25.5 Å². The molecule has 0 aromatic rings. The third kappa shape index (κ3) is 2.47. The van der Waals surface area contributed by atoms with Crippen molar-refractivity contribution in [3.05, 3.63) is 0 Å². The van der Waals surface area contributed by atoms with Gasteiger partial charge in [-0.1, -0.05) is 12.8 Å². The summed E-state index contributed by atoms with van der Waals surface area (Å²) in [6.07, 6.45) is 6.33. The summed E-state index contributed by atoms with van der Waals surface area (Å²) in [5.74, 6) is 1.26. The fourth-order valence-electron chi connectivity index (χ4n) is 2.48. The highest BCUT2D eigenvalue weighted by molar-refractivity contribution is 5.79. The molecule has 1 amide bonds. The second-order valence-electron chi connectivity index (χ2n) is 4.59. The molecule has 2 fully saturated rings. The Morgan fingerprint density at radius 2 is 2.07 bits per heavy atom. The Morgan fingerprint density at radius 1 is 1.29 bits per heavy atom. The van der Waals surface area contributed by atoms with Crippen molar-refractivity contribution in [1.29, 1.82) is 0 Å². The molecule has 80 valence electrons. The molecular formula is C11H20N2O. The normalized spacial score (nSPS) is 28.1. The minimum Gasteiger partial charge on any atom is -0.356 e. The zero-order chi connectivity index (χ0) is 9.80. The van der Waals surface area contributed by atoms with E-state index in [2.05, 4.69) is 10.6 Å². The molecule has 2 N–H and O–H groups in total. The van der Waals surface area contributed by atoms with Gasteiger partial charge in [0.05, 0.1) is 5.92 Å². The van der Waals surface area contributed by atoms with Gasteiger partial charge < -0.3 is 10.6 Å². The second kappa shape index (κ2) is 4.78. The molecule has 1 atom stereocenters. The highest BCUT2D eigenvalue weighted by Gasteiger charge is 2.23. The molecule has 0 radical (unpaired) electrons. The summed E-state index contributed by atoms with van der Waals surface area (Å²) in [5.41, 5.74) is 0. The fraction of sp³-hybridized carbons (Fsp3) is 0.909. The van der Waals surface area contributed by atoms with Crippen LogP contribution < -0.4 is 10.6 Å². The van der Waals surface area contributed by atoms with E-state index in [-0.39, 0.29) is 11.8 Å². The molecule has 1 saturated carbocycles. The Hall–Kier alpha value is -0.570. The SMILES string of the molecule is O=C(NCC1CCCC1)[C@@H]1CCNC1. The topological polar surface area (TPSA) is 41.1 Å². The summed E-state index contributed by atoms with van der Waals surface area (Å²) in [6, 6.07) is 0. The monoisotopic (exact) mass is 196 g/mol. The van der Waals surface area contributed by atoms with Crippen molar-refractivity contribution in [3.8, 4) is 0 Å². The number of amides is 1. The zero-order valence-electron chi connectivity index (χ0n) is 8.72. The molecule has 2 rings (SSSR count). The number of rotatable bonds is 3. The molecule has 2 aliphatic rings. The van der Waals surface area contributed by atoms with E-state index in [1.165, 1.54) is 25.7 Å². The van der Waals surface area contributed by atoms with Gasteiger partial charge in [0.15, 0.2) is 0 Å². The van der Waals surface area contributed by atoms with Gasteiger partial charge in [-0.3, -0.25) is 4.79 Å². The molecule has 1 aliphatic carbocycles. The van der Waals surface area contributed by atoms with Crippen molar-refractivity contribution in [2.75, 3.05) is 19.6 Å². The average molecular weight is 196 g/mol. The molecule has 3 nitrogen and oxygen atoms in total. The van der Waals surface area contributed by atoms with Crippen LogP contribution in [0.15, 0.2) is 0 Å². The van der Waals surface area contributed by atoms with Crippen LogP contribution in [-0.2, 0) is 4.79 Å². The first-order valence-corrected chi connectivity index (χ1v) is 5.84. The van der Waals surface area contributed by atoms with Crippen LogP contribution in [0, 0.1) is 11.8 Å². The summed E-state index contributed by atoms with van der Waals surface area (Å²) in [6.45, 7) is 2.79. The van der Waals surface area contributed by atoms with Crippen molar-refractivity contribution < 1.29 is 4.79 Å². The third-order valence-electron chi connectivity index (χ3n) is 3.47. The molecule has 0 spiro atoms. The van der Waals surface area contributed by atoms with Gasteiger partial charge in [0.1, 0.15) is 0 Å². The Labute approximate surface area is 85.6 Å². The Morgan fingerprint density at radius 3 is 2.71 bits per heavy atom. The van der Waals surface area contributed by atoms with E-state index in [0.29, 0.717) is 0 Å². The molecule has 0 aromatic heterocycles. The van der Waals surface area contributed by atoms with Crippen molar-refractivity contribution >= 4 is 5.91 Å². The molecule has 0 unspecified atom stereocenters. The van der Waals surface area contributed by atoms with Crippen molar-refractivity contribution in [1.82, 2.24) is 10.6 Å². The van der Waals surface area contributed by atoms with E-state index < -0.39 is 0 Å². The molecule has 1 saturated heterocycles. The Balaban J connectivity index is 1.66. The van der Waals surface area contributed by atoms with Gasteiger partial charge in [-0.2, -0.15) is 0 Å². The van der Waals surface area contributed by atoms with Gasteiger partial charge in [-0.25, -0.2) is 0 Å². The minimum absolute atomic E-state index is 0.233. The fourth-order valence-corrected chi connectivity index (χ4v) is 2.48. The maximum atomic E-state index is 11.7. The number of hydrogen-bond donors (Lipinski definition) is 2. The van der Waals surface area contributed by atoms with Crippen LogP contribution in [0.1, 0.15) is 32.1 Å². The lowest BCUT2D eigenvalue weighted by Crippen LogP contribution is -2.34. The lowest BCUT2D eigenvalue weighted by molar-refractivity contribution is -0.124. The first-order chi connectivity index (χ1) is 6.86. The lowest BCUT2D eigenvalue weighted by atomic mass is 10.1. The minimum atomic E-state index is 0.233. The van der Waals surface area contributed by atoms with Crippen molar-refractivity contribution in [2.24, 2.45) is 11.8 Å². The quantitative estimate of drug-likeness (QED) is 0.704.